The molecule has 0 amide bonds. The number of ether oxygens (including phenoxy) is 3. The minimum Gasteiger partial charge on any atom is -0.493 e. The third kappa shape index (κ3) is 2.51. The topological polar surface area (TPSA) is 70.4 Å². The summed E-state index contributed by atoms with van der Waals surface area (Å²) in [5.74, 6) is 2.77. The van der Waals surface area contributed by atoms with Crippen LogP contribution in [0.2, 0.25) is 5.02 Å². The maximum absolute atomic E-state index is 6.24. The molecule has 3 heterocycles. The van der Waals surface area contributed by atoms with Crippen LogP contribution in [-0.2, 0) is 0 Å². The van der Waals surface area contributed by atoms with Gasteiger partial charge in [-0.05, 0) is 35.9 Å². The molecule has 2 aliphatic rings. The summed E-state index contributed by atoms with van der Waals surface area (Å²) in [6, 6.07) is 11.3. The predicted octanol–water partition coefficient (Wildman–Crippen LogP) is 3.77. The van der Waals surface area contributed by atoms with Crippen molar-refractivity contribution in [3.05, 3.63) is 64.4 Å². The maximum Gasteiger partial charge on any atom is 0.226 e. The lowest BCUT2D eigenvalue weighted by molar-refractivity contribution is 0.327. The first-order valence-electron chi connectivity index (χ1n) is 8.74. The zero-order valence-corrected chi connectivity index (χ0v) is 16.0. The number of hydrogen-bond acceptors (Lipinski definition) is 6. The lowest BCUT2D eigenvalue weighted by Crippen LogP contribution is -2.30. The van der Waals surface area contributed by atoms with Gasteiger partial charge in [0.1, 0.15) is 24.7 Å². The van der Waals surface area contributed by atoms with E-state index in [1.54, 1.807) is 14.2 Å². The molecule has 2 aromatic carbocycles. The molecule has 8 heteroatoms. The molecule has 1 N–H and O–H groups in total. The standard InChI is InChI=1S/C20H17ClN4O3/c1-26-16-5-3-11(7-17(16)27-2)19-14-9-28-15-6-4-12(21)8-13(15)18(14)24-20-22-10-23-25(19)20/h3-8,10,19H,9H2,1-2H3,(H,22,23,24)/t19-/m0/s1. The quantitative estimate of drug-likeness (QED) is 0.726. The Bertz CT molecular complexity index is 1110. The first-order valence-corrected chi connectivity index (χ1v) is 9.11. The number of nitrogens with one attached hydrogen (secondary N) is 1. The van der Waals surface area contributed by atoms with Crippen LogP contribution in [0.4, 0.5) is 5.95 Å². The first kappa shape index (κ1) is 16.9. The van der Waals surface area contributed by atoms with E-state index in [0.717, 1.165) is 28.1 Å². The zero-order valence-electron chi connectivity index (χ0n) is 15.3. The number of fused-ring (bicyclic) bond motifs is 3. The van der Waals surface area contributed by atoms with E-state index in [9.17, 15) is 0 Å². The van der Waals surface area contributed by atoms with E-state index in [-0.39, 0.29) is 6.04 Å². The van der Waals surface area contributed by atoms with Gasteiger partial charge in [-0.25, -0.2) is 4.68 Å². The summed E-state index contributed by atoms with van der Waals surface area (Å²) < 4.78 is 18.7. The normalized spacial score (nSPS) is 17.0. The van der Waals surface area contributed by atoms with Gasteiger partial charge in [0.2, 0.25) is 5.95 Å². The van der Waals surface area contributed by atoms with Crippen LogP contribution in [0.1, 0.15) is 17.2 Å². The second kappa shape index (κ2) is 6.45. The Balaban J connectivity index is 1.71. The minimum atomic E-state index is -0.194. The molecule has 0 spiro atoms. The Hall–Kier alpha value is -3.19. The van der Waals surface area contributed by atoms with Gasteiger partial charge < -0.3 is 19.5 Å². The van der Waals surface area contributed by atoms with Gasteiger partial charge in [0.05, 0.1) is 19.9 Å². The van der Waals surface area contributed by atoms with Crippen molar-refractivity contribution >= 4 is 23.2 Å². The predicted molar refractivity (Wildman–Crippen MR) is 105 cm³/mol. The minimum absolute atomic E-state index is 0.194. The van der Waals surface area contributed by atoms with Crippen molar-refractivity contribution in [3.63, 3.8) is 0 Å². The Morgan fingerprint density at radius 2 is 2.00 bits per heavy atom. The summed E-state index contributed by atoms with van der Waals surface area (Å²) >= 11 is 6.24. The molecular weight excluding hydrogens is 380 g/mol. The highest BCUT2D eigenvalue weighted by Gasteiger charge is 2.35. The number of halogens is 1. The van der Waals surface area contributed by atoms with Crippen LogP contribution in [-0.4, -0.2) is 35.6 Å². The molecule has 142 valence electrons. The van der Waals surface area contributed by atoms with Crippen molar-refractivity contribution in [2.24, 2.45) is 0 Å². The van der Waals surface area contributed by atoms with Gasteiger partial charge in [0, 0.05) is 16.2 Å². The molecule has 3 aromatic rings. The van der Waals surface area contributed by atoms with E-state index in [4.69, 9.17) is 25.8 Å². The Morgan fingerprint density at radius 1 is 1.14 bits per heavy atom. The molecular formula is C20H17ClN4O3. The number of nitrogens with zero attached hydrogens (tertiary/aromatic N) is 3. The van der Waals surface area contributed by atoms with E-state index < -0.39 is 0 Å². The van der Waals surface area contributed by atoms with Crippen molar-refractivity contribution in [3.8, 4) is 17.2 Å². The molecule has 1 atom stereocenters. The molecule has 7 nitrogen and oxygen atoms in total. The maximum atomic E-state index is 6.24. The largest absolute Gasteiger partial charge is 0.493 e. The summed E-state index contributed by atoms with van der Waals surface area (Å²) in [6.07, 6.45) is 1.54. The summed E-state index contributed by atoms with van der Waals surface area (Å²) in [4.78, 5) is 4.37. The van der Waals surface area contributed by atoms with E-state index in [1.807, 2.05) is 41.1 Å². The van der Waals surface area contributed by atoms with E-state index in [1.165, 1.54) is 6.33 Å². The summed E-state index contributed by atoms with van der Waals surface area (Å²) in [5, 5.41) is 8.47. The highest BCUT2D eigenvalue weighted by atomic mass is 35.5. The van der Waals surface area contributed by atoms with Gasteiger partial charge in [-0.2, -0.15) is 10.1 Å². The fourth-order valence-corrected chi connectivity index (χ4v) is 3.91. The molecule has 0 unspecified atom stereocenters. The fourth-order valence-electron chi connectivity index (χ4n) is 3.74. The highest BCUT2D eigenvalue weighted by Crippen LogP contribution is 2.45. The second-order valence-corrected chi connectivity index (χ2v) is 6.94. The molecule has 0 aliphatic carbocycles. The van der Waals surface area contributed by atoms with Crippen LogP contribution < -0.4 is 19.5 Å². The molecule has 5 rings (SSSR count). The Kier molecular flexibility index (Phi) is 3.91. The highest BCUT2D eigenvalue weighted by molar-refractivity contribution is 6.30. The molecule has 0 saturated heterocycles. The molecule has 1 aromatic heterocycles. The lowest BCUT2D eigenvalue weighted by Gasteiger charge is -2.34. The van der Waals surface area contributed by atoms with Crippen molar-refractivity contribution in [2.45, 2.75) is 6.04 Å². The van der Waals surface area contributed by atoms with Crippen LogP contribution in [0.25, 0.3) is 5.70 Å². The number of methoxy groups -OCH3 is 2. The van der Waals surface area contributed by atoms with Gasteiger partial charge in [-0.3, -0.25) is 0 Å². The number of aromatic nitrogens is 3. The SMILES string of the molecule is COc1ccc([C@H]2C3=C(Nc4ncnn42)c2cc(Cl)ccc2OC3)cc1OC. The van der Waals surface area contributed by atoms with E-state index in [2.05, 4.69) is 15.4 Å². The molecule has 0 fully saturated rings. The van der Waals surface area contributed by atoms with Crippen LogP contribution >= 0.6 is 11.6 Å². The van der Waals surface area contributed by atoms with E-state index >= 15 is 0 Å². The van der Waals surface area contributed by atoms with Crippen LogP contribution in [0, 0.1) is 0 Å². The summed E-state index contributed by atoms with van der Waals surface area (Å²) in [6.45, 7) is 0.426. The lowest BCUT2D eigenvalue weighted by atomic mass is 9.91. The second-order valence-electron chi connectivity index (χ2n) is 6.50. The number of anilines is 1. The summed E-state index contributed by atoms with van der Waals surface area (Å²) in [5.41, 5.74) is 3.89. The van der Waals surface area contributed by atoms with Gasteiger partial charge in [-0.15, -0.1) is 0 Å². The monoisotopic (exact) mass is 396 g/mol. The molecule has 0 bridgehead atoms. The average molecular weight is 397 g/mol. The van der Waals surface area contributed by atoms with Crippen molar-refractivity contribution < 1.29 is 14.2 Å². The third-order valence-corrected chi connectivity index (χ3v) is 5.26. The third-order valence-electron chi connectivity index (χ3n) is 5.02. The molecule has 28 heavy (non-hydrogen) atoms. The Morgan fingerprint density at radius 3 is 2.82 bits per heavy atom. The van der Waals surface area contributed by atoms with Crippen LogP contribution in [0.3, 0.4) is 0 Å². The van der Waals surface area contributed by atoms with E-state index in [0.29, 0.717) is 29.1 Å². The van der Waals surface area contributed by atoms with Crippen molar-refractivity contribution in [1.29, 1.82) is 0 Å². The van der Waals surface area contributed by atoms with Crippen molar-refractivity contribution in [2.75, 3.05) is 26.1 Å². The van der Waals surface area contributed by atoms with Crippen LogP contribution in [0.5, 0.6) is 17.2 Å². The number of hydrogen-bond donors (Lipinski definition) is 1. The van der Waals surface area contributed by atoms with Gasteiger partial charge >= 0.3 is 0 Å². The van der Waals surface area contributed by atoms with Gasteiger partial charge in [0.25, 0.3) is 0 Å². The van der Waals surface area contributed by atoms with Gasteiger partial charge in [-0.1, -0.05) is 17.7 Å². The molecule has 0 radical (unpaired) electrons. The average Bonchev–Trinajstić information content (AvgIpc) is 3.19. The van der Waals surface area contributed by atoms with Crippen LogP contribution in [0.15, 0.2) is 48.3 Å². The molecule has 2 aliphatic heterocycles. The number of benzene rings is 2. The van der Waals surface area contributed by atoms with Gasteiger partial charge in [0.15, 0.2) is 11.5 Å². The molecule has 0 saturated carbocycles. The summed E-state index contributed by atoms with van der Waals surface area (Å²) in [7, 11) is 3.24. The first-order chi connectivity index (χ1) is 13.7. The Labute approximate surface area is 166 Å². The number of rotatable bonds is 3. The van der Waals surface area contributed by atoms with Crippen molar-refractivity contribution in [1.82, 2.24) is 14.8 Å². The smallest absolute Gasteiger partial charge is 0.226 e. The fraction of sp³-hybridized carbons (Fsp3) is 0.200. The zero-order chi connectivity index (χ0) is 19.3.